The van der Waals surface area contributed by atoms with Gasteiger partial charge in [0.1, 0.15) is 0 Å². The third kappa shape index (κ3) is 15.9. The average molecular weight is 319 g/mol. The van der Waals surface area contributed by atoms with E-state index in [2.05, 4.69) is 13.5 Å². The van der Waals surface area contributed by atoms with Gasteiger partial charge >= 0.3 is 0 Å². The molecule has 126 valence electrons. The predicted molar refractivity (Wildman–Crippen MR) is 91.0 cm³/mol. The lowest BCUT2D eigenvalue weighted by Gasteiger charge is -2.04. The summed E-state index contributed by atoms with van der Waals surface area (Å²) in [4.78, 5) is 0. The summed E-state index contributed by atoms with van der Waals surface area (Å²) in [5, 5.41) is 0. The molecule has 0 rings (SSSR count). The van der Waals surface area contributed by atoms with Gasteiger partial charge in [0.05, 0.1) is 12.4 Å². The molecule has 0 spiro atoms. The maximum Gasteiger partial charge on any atom is 0.270 e. The Hall–Kier alpha value is -0.350. The van der Waals surface area contributed by atoms with Crippen molar-refractivity contribution >= 4 is 10.1 Å². The van der Waals surface area contributed by atoms with Crippen molar-refractivity contribution in [1.82, 2.24) is 0 Å². The number of hydrogen-bond donors (Lipinski definition) is 0. The molecule has 0 saturated carbocycles. The van der Waals surface area contributed by atoms with Gasteiger partial charge in [-0.2, -0.15) is 8.42 Å². The number of unbranched alkanes of at least 4 members (excludes halogenated alkanes) is 11. The fraction of sp³-hybridized carbons (Fsp3) is 0.882. The van der Waals surface area contributed by atoms with Gasteiger partial charge in [0.25, 0.3) is 10.1 Å². The van der Waals surface area contributed by atoms with Crippen LogP contribution in [0.4, 0.5) is 0 Å². The first-order valence-corrected chi connectivity index (χ1v) is 10.2. The highest BCUT2D eigenvalue weighted by Crippen LogP contribution is 2.12. The van der Waals surface area contributed by atoms with E-state index in [1.54, 1.807) is 0 Å². The predicted octanol–water partition coefficient (Wildman–Crippen LogP) is 5.22. The maximum absolute atomic E-state index is 11.2. The Bertz CT molecular complexity index is 323. The Morgan fingerprint density at radius 1 is 0.810 bits per heavy atom. The molecule has 0 amide bonds. The van der Waals surface area contributed by atoms with Crippen LogP contribution in [0, 0.1) is 0 Å². The van der Waals surface area contributed by atoms with Crippen molar-refractivity contribution in [3.05, 3.63) is 12.7 Å². The molecule has 0 unspecified atom stereocenters. The summed E-state index contributed by atoms with van der Waals surface area (Å²) in [6.45, 7) is 5.96. The fourth-order valence-corrected chi connectivity index (χ4v) is 3.08. The van der Waals surface area contributed by atoms with Crippen molar-refractivity contribution in [3.63, 3.8) is 0 Å². The van der Waals surface area contributed by atoms with Crippen molar-refractivity contribution in [2.75, 3.05) is 12.4 Å². The van der Waals surface area contributed by atoms with Crippen LogP contribution >= 0.6 is 0 Å². The molecule has 4 heteroatoms. The monoisotopic (exact) mass is 318 g/mol. The van der Waals surface area contributed by atoms with Crippen LogP contribution in [0.5, 0.6) is 0 Å². The Morgan fingerprint density at radius 3 is 1.67 bits per heavy atom. The molecule has 0 aromatic heterocycles. The molecule has 0 aliphatic rings. The maximum atomic E-state index is 11.2. The normalized spacial score (nSPS) is 11.7. The summed E-state index contributed by atoms with van der Waals surface area (Å²) in [7, 11) is -3.36. The van der Waals surface area contributed by atoms with Gasteiger partial charge in [-0.15, -0.1) is 6.58 Å². The second-order valence-corrected chi connectivity index (χ2v) is 7.41. The quantitative estimate of drug-likeness (QED) is 0.223. The Balaban J connectivity index is 3.17. The Morgan fingerprint density at radius 2 is 1.24 bits per heavy atom. The molecule has 21 heavy (non-hydrogen) atoms. The van der Waals surface area contributed by atoms with Crippen LogP contribution in [0.25, 0.3) is 0 Å². The largest absolute Gasteiger partial charge is 0.270 e. The zero-order valence-corrected chi connectivity index (χ0v) is 14.6. The molecule has 0 aliphatic heterocycles. The molecule has 0 heterocycles. The molecular formula is C17H34O3S. The van der Waals surface area contributed by atoms with E-state index in [0.717, 1.165) is 12.8 Å². The average Bonchev–Trinajstić information content (AvgIpc) is 2.44. The molecule has 0 radical (unpaired) electrons. The minimum Gasteiger partial charge on any atom is -0.270 e. The van der Waals surface area contributed by atoms with Crippen LogP contribution < -0.4 is 0 Å². The lowest BCUT2D eigenvalue weighted by atomic mass is 10.1. The first-order valence-electron chi connectivity index (χ1n) is 8.60. The summed E-state index contributed by atoms with van der Waals surface area (Å²) in [6, 6.07) is 0. The second-order valence-electron chi connectivity index (χ2n) is 5.72. The standard InChI is InChI=1S/C17H34O3S/c1-3-5-6-7-8-9-10-11-12-13-14-15-16-20-21(18,19)17-4-2/h4H,2-3,5-17H2,1H3. The first-order chi connectivity index (χ1) is 10.1. The zero-order chi connectivity index (χ0) is 15.8. The van der Waals surface area contributed by atoms with Crippen molar-refractivity contribution < 1.29 is 12.6 Å². The third-order valence-electron chi connectivity index (χ3n) is 3.58. The molecule has 0 bridgehead atoms. The summed E-state index contributed by atoms with van der Waals surface area (Å²) in [5.74, 6) is -0.0920. The Labute approximate surface area is 132 Å². The lowest BCUT2D eigenvalue weighted by Crippen LogP contribution is -2.09. The molecule has 0 aromatic carbocycles. The van der Waals surface area contributed by atoms with E-state index in [1.807, 2.05) is 0 Å². The summed E-state index contributed by atoms with van der Waals surface area (Å²) < 4.78 is 27.3. The van der Waals surface area contributed by atoms with Crippen LogP contribution in [-0.4, -0.2) is 20.8 Å². The molecule has 0 aromatic rings. The SMILES string of the molecule is C=CCS(=O)(=O)OCCCCCCCCCCCCCC. The van der Waals surface area contributed by atoms with Crippen molar-refractivity contribution in [2.24, 2.45) is 0 Å². The zero-order valence-electron chi connectivity index (χ0n) is 13.8. The minimum absolute atomic E-state index is 0.0920. The fourth-order valence-electron chi connectivity index (χ4n) is 2.32. The van der Waals surface area contributed by atoms with Crippen LogP contribution in [0.3, 0.4) is 0 Å². The van der Waals surface area contributed by atoms with Gasteiger partial charge in [-0.3, -0.25) is 4.18 Å². The molecular weight excluding hydrogens is 284 g/mol. The molecule has 3 nitrogen and oxygen atoms in total. The topological polar surface area (TPSA) is 43.4 Å². The van der Waals surface area contributed by atoms with Crippen molar-refractivity contribution in [1.29, 1.82) is 0 Å². The summed E-state index contributed by atoms with van der Waals surface area (Å²) in [6.07, 6.45) is 16.6. The molecule has 0 N–H and O–H groups in total. The van der Waals surface area contributed by atoms with Crippen LogP contribution in [0.15, 0.2) is 12.7 Å². The molecule has 0 atom stereocenters. The number of rotatable bonds is 16. The Kier molecular flexibility index (Phi) is 14.3. The van der Waals surface area contributed by atoms with Gasteiger partial charge in [0.2, 0.25) is 0 Å². The van der Waals surface area contributed by atoms with E-state index < -0.39 is 10.1 Å². The van der Waals surface area contributed by atoms with E-state index in [0.29, 0.717) is 6.61 Å². The van der Waals surface area contributed by atoms with Gasteiger partial charge in [0.15, 0.2) is 0 Å². The minimum atomic E-state index is -3.36. The van der Waals surface area contributed by atoms with E-state index in [1.165, 1.54) is 70.3 Å². The van der Waals surface area contributed by atoms with E-state index >= 15 is 0 Å². The smallest absolute Gasteiger partial charge is 0.270 e. The van der Waals surface area contributed by atoms with Crippen molar-refractivity contribution in [2.45, 2.75) is 84.0 Å². The van der Waals surface area contributed by atoms with Gasteiger partial charge in [0, 0.05) is 0 Å². The highest BCUT2D eigenvalue weighted by atomic mass is 32.2. The summed E-state index contributed by atoms with van der Waals surface area (Å²) >= 11 is 0. The second kappa shape index (κ2) is 14.6. The van der Waals surface area contributed by atoms with E-state index in [4.69, 9.17) is 4.18 Å². The van der Waals surface area contributed by atoms with E-state index in [9.17, 15) is 8.42 Å². The molecule has 0 saturated heterocycles. The molecule has 0 fully saturated rings. The van der Waals surface area contributed by atoms with Crippen molar-refractivity contribution in [3.8, 4) is 0 Å². The van der Waals surface area contributed by atoms with Gasteiger partial charge in [-0.25, -0.2) is 0 Å². The number of hydrogen-bond acceptors (Lipinski definition) is 3. The summed E-state index contributed by atoms with van der Waals surface area (Å²) in [5.41, 5.74) is 0. The molecule has 0 aliphatic carbocycles. The van der Waals surface area contributed by atoms with Gasteiger partial charge in [-0.1, -0.05) is 83.6 Å². The van der Waals surface area contributed by atoms with Gasteiger partial charge in [-0.05, 0) is 6.42 Å². The van der Waals surface area contributed by atoms with Crippen LogP contribution in [-0.2, 0) is 14.3 Å². The van der Waals surface area contributed by atoms with Crippen LogP contribution in [0.1, 0.15) is 84.0 Å². The highest BCUT2D eigenvalue weighted by molar-refractivity contribution is 7.86. The van der Waals surface area contributed by atoms with E-state index in [-0.39, 0.29) is 5.75 Å². The lowest BCUT2D eigenvalue weighted by molar-refractivity contribution is 0.307. The first kappa shape index (κ1) is 20.6. The van der Waals surface area contributed by atoms with Crippen LogP contribution in [0.2, 0.25) is 0 Å². The van der Waals surface area contributed by atoms with Gasteiger partial charge < -0.3 is 0 Å². The third-order valence-corrected chi connectivity index (χ3v) is 4.75. The highest BCUT2D eigenvalue weighted by Gasteiger charge is 2.07.